The van der Waals surface area contributed by atoms with Gasteiger partial charge in [-0.3, -0.25) is 4.79 Å². The van der Waals surface area contributed by atoms with E-state index in [1.807, 2.05) is 45.2 Å². The second-order valence-electron chi connectivity index (χ2n) is 6.54. The van der Waals surface area contributed by atoms with Crippen LogP contribution in [0.3, 0.4) is 0 Å². The molecule has 0 aliphatic heterocycles. The molecule has 1 aromatic heterocycles. The molecule has 2 rings (SSSR count). The van der Waals surface area contributed by atoms with E-state index in [4.69, 9.17) is 0 Å². The SMILES string of the molecule is CN(C)CCN(C(=O)c1ccc(N(C)C)nc1)C1CCCC1. The van der Waals surface area contributed by atoms with Crippen LogP contribution < -0.4 is 4.90 Å². The van der Waals surface area contributed by atoms with Crippen LogP contribution in [0.15, 0.2) is 18.3 Å². The normalized spacial score (nSPS) is 15.3. The first-order chi connectivity index (χ1) is 10.5. The van der Waals surface area contributed by atoms with Crippen LogP contribution in [0.5, 0.6) is 0 Å². The predicted octanol–water partition coefficient (Wildman–Crippen LogP) is 2.09. The van der Waals surface area contributed by atoms with Crippen molar-refractivity contribution in [3.05, 3.63) is 23.9 Å². The lowest BCUT2D eigenvalue weighted by atomic mass is 10.1. The van der Waals surface area contributed by atoms with Crippen molar-refractivity contribution in [2.24, 2.45) is 0 Å². The third kappa shape index (κ3) is 4.19. The van der Waals surface area contributed by atoms with Gasteiger partial charge in [-0.25, -0.2) is 4.98 Å². The third-order valence-electron chi connectivity index (χ3n) is 4.27. The van der Waals surface area contributed by atoms with Gasteiger partial charge in [0, 0.05) is 39.4 Å². The summed E-state index contributed by atoms with van der Waals surface area (Å²) in [5.74, 6) is 0.990. The number of amides is 1. The Morgan fingerprint density at radius 3 is 2.32 bits per heavy atom. The van der Waals surface area contributed by atoms with Crippen LogP contribution in [0.1, 0.15) is 36.0 Å². The van der Waals surface area contributed by atoms with Crippen molar-refractivity contribution in [2.75, 3.05) is 46.2 Å². The summed E-state index contributed by atoms with van der Waals surface area (Å²) in [4.78, 5) is 23.4. The molecule has 1 aromatic rings. The van der Waals surface area contributed by atoms with Gasteiger partial charge in [0.15, 0.2) is 0 Å². The van der Waals surface area contributed by atoms with Crippen LogP contribution in [-0.2, 0) is 0 Å². The highest BCUT2D eigenvalue weighted by molar-refractivity contribution is 5.94. The van der Waals surface area contributed by atoms with Crippen molar-refractivity contribution in [3.8, 4) is 0 Å². The molecule has 122 valence electrons. The average molecular weight is 304 g/mol. The van der Waals surface area contributed by atoms with Crippen LogP contribution >= 0.6 is 0 Å². The Morgan fingerprint density at radius 2 is 1.82 bits per heavy atom. The fourth-order valence-corrected chi connectivity index (χ4v) is 2.92. The predicted molar refractivity (Wildman–Crippen MR) is 90.4 cm³/mol. The average Bonchev–Trinajstić information content (AvgIpc) is 3.01. The summed E-state index contributed by atoms with van der Waals surface area (Å²) in [6.45, 7) is 1.68. The van der Waals surface area contributed by atoms with Crippen molar-refractivity contribution < 1.29 is 4.79 Å². The minimum absolute atomic E-state index is 0.117. The minimum Gasteiger partial charge on any atom is -0.363 e. The van der Waals surface area contributed by atoms with Crippen LogP contribution in [0, 0.1) is 0 Å². The molecule has 0 unspecified atom stereocenters. The van der Waals surface area contributed by atoms with E-state index >= 15 is 0 Å². The zero-order chi connectivity index (χ0) is 16.1. The molecule has 1 aliphatic rings. The van der Waals surface area contributed by atoms with Gasteiger partial charge in [0.05, 0.1) is 5.56 Å². The van der Waals surface area contributed by atoms with Crippen LogP contribution in [0.4, 0.5) is 5.82 Å². The lowest BCUT2D eigenvalue weighted by Gasteiger charge is -2.30. The molecule has 0 spiro atoms. The van der Waals surface area contributed by atoms with Crippen molar-refractivity contribution >= 4 is 11.7 Å². The van der Waals surface area contributed by atoms with E-state index in [2.05, 4.69) is 14.8 Å². The largest absolute Gasteiger partial charge is 0.363 e. The summed E-state index contributed by atoms with van der Waals surface area (Å²) in [5.41, 5.74) is 0.691. The number of carbonyl (C=O) groups is 1. The molecule has 0 aromatic carbocycles. The Hall–Kier alpha value is -1.62. The summed E-state index contributed by atoms with van der Waals surface area (Å²) in [6, 6.07) is 4.19. The van der Waals surface area contributed by atoms with Crippen LogP contribution in [0.25, 0.3) is 0 Å². The van der Waals surface area contributed by atoms with E-state index in [9.17, 15) is 4.79 Å². The first-order valence-electron chi connectivity index (χ1n) is 8.08. The molecule has 5 nitrogen and oxygen atoms in total. The number of hydrogen-bond donors (Lipinski definition) is 0. The number of hydrogen-bond acceptors (Lipinski definition) is 4. The van der Waals surface area contributed by atoms with Gasteiger partial charge in [-0.05, 0) is 39.1 Å². The van der Waals surface area contributed by atoms with E-state index in [1.165, 1.54) is 12.8 Å². The van der Waals surface area contributed by atoms with E-state index in [0.717, 1.165) is 31.7 Å². The Morgan fingerprint density at radius 1 is 1.14 bits per heavy atom. The molecule has 0 radical (unpaired) electrons. The first-order valence-corrected chi connectivity index (χ1v) is 8.08. The fraction of sp³-hybridized carbons (Fsp3) is 0.647. The van der Waals surface area contributed by atoms with Gasteiger partial charge >= 0.3 is 0 Å². The molecule has 1 saturated carbocycles. The summed E-state index contributed by atoms with van der Waals surface area (Å²) in [7, 11) is 7.99. The second kappa shape index (κ2) is 7.58. The Kier molecular flexibility index (Phi) is 5.77. The number of nitrogens with zero attached hydrogens (tertiary/aromatic N) is 4. The maximum Gasteiger partial charge on any atom is 0.255 e. The summed E-state index contributed by atoms with van der Waals surface area (Å²) in [6.07, 6.45) is 6.42. The van der Waals surface area contributed by atoms with Crippen LogP contribution in [-0.4, -0.2) is 68.0 Å². The van der Waals surface area contributed by atoms with Gasteiger partial charge in [0.25, 0.3) is 5.91 Å². The Labute approximate surface area is 133 Å². The molecule has 0 atom stereocenters. The third-order valence-corrected chi connectivity index (χ3v) is 4.27. The summed E-state index contributed by atoms with van der Waals surface area (Å²) < 4.78 is 0. The quantitative estimate of drug-likeness (QED) is 0.807. The zero-order valence-corrected chi connectivity index (χ0v) is 14.2. The molecule has 0 saturated heterocycles. The molecule has 1 heterocycles. The molecule has 1 fully saturated rings. The molecule has 0 bridgehead atoms. The highest BCUT2D eigenvalue weighted by Gasteiger charge is 2.27. The molecule has 22 heavy (non-hydrogen) atoms. The lowest BCUT2D eigenvalue weighted by Crippen LogP contribution is -2.42. The summed E-state index contributed by atoms with van der Waals surface area (Å²) >= 11 is 0. The molecule has 1 aliphatic carbocycles. The van der Waals surface area contributed by atoms with Crippen molar-refractivity contribution in [3.63, 3.8) is 0 Å². The van der Waals surface area contributed by atoms with E-state index in [0.29, 0.717) is 11.6 Å². The fourth-order valence-electron chi connectivity index (χ4n) is 2.92. The topological polar surface area (TPSA) is 39.7 Å². The van der Waals surface area contributed by atoms with Gasteiger partial charge < -0.3 is 14.7 Å². The molecule has 5 heteroatoms. The highest BCUT2D eigenvalue weighted by atomic mass is 16.2. The number of carbonyl (C=O) groups excluding carboxylic acids is 1. The molecule has 0 N–H and O–H groups in total. The van der Waals surface area contributed by atoms with E-state index < -0.39 is 0 Å². The van der Waals surface area contributed by atoms with Crippen LogP contribution in [0.2, 0.25) is 0 Å². The molecular formula is C17H28N4O. The van der Waals surface area contributed by atoms with Gasteiger partial charge in [0.2, 0.25) is 0 Å². The number of anilines is 1. The molecule has 1 amide bonds. The van der Waals surface area contributed by atoms with Gasteiger partial charge in [-0.1, -0.05) is 12.8 Å². The number of rotatable bonds is 6. The number of likely N-dealkylation sites (N-methyl/N-ethyl adjacent to an activating group) is 1. The lowest BCUT2D eigenvalue weighted by molar-refractivity contribution is 0.0667. The smallest absolute Gasteiger partial charge is 0.255 e. The first kappa shape index (κ1) is 16.7. The van der Waals surface area contributed by atoms with E-state index in [-0.39, 0.29) is 5.91 Å². The Balaban J connectivity index is 2.12. The van der Waals surface area contributed by atoms with Gasteiger partial charge in [0.1, 0.15) is 5.82 Å². The number of aromatic nitrogens is 1. The van der Waals surface area contributed by atoms with Crippen molar-refractivity contribution in [2.45, 2.75) is 31.7 Å². The van der Waals surface area contributed by atoms with Crippen molar-refractivity contribution in [1.29, 1.82) is 0 Å². The molecular weight excluding hydrogens is 276 g/mol. The zero-order valence-electron chi connectivity index (χ0n) is 14.2. The summed E-state index contributed by atoms with van der Waals surface area (Å²) in [5, 5.41) is 0. The minimum atomic E-state index is 0.117. The number of pyridine rings is 1. The Bertz CT molecular complexity index is 478. The van der Waals surface area contributed by atoms with Gasteiger partial charge in [-0.15, -0.1) is 0 Å². The van der Waals surface area contributed by atoms with Gasteiger partial charge in [-0.2, -0.15) is 0 Å². The second-order valence-corrected chi connectivity index (χ2v) is 6.54. The standard InChI is InChI=1S/C17H28N4O/c1-19(2)11-12-21(15-7-5-6-8-15)17(22)14-9-10-16(18-13-14)20(3)4/h9-10,13,15H,5-8,11-12H2,1-4H3. The highest BCUT2D eigenvalue weighted by Crippen LogP contribution is 2.25. The monoisotopic (exact) mass is 304 g/mol. The maximum atomic E-state index is 12.9. The maximum absolute atomic E-state index is 12.9. The van der Waals surface area contributed by atoms with E-state index in [1.54, 1.807) is 6.20 Å². The van der Waals surface area contributed by atoms with Crippen molar-refractivity contribution in [1.82, 2.24) is 14.8 Å².